The van der Waals surface area contributed by atoms with Crippen LogP contribution in [0.3, 0.4) is 0 Å². The van der Waals surface area contributed by atoms with Crippen molar-refractivity contribution in [2.45, 2.75) is 64.1 Å². The maximum Gasteiger partial charge on any atom is 0.0610 e. The van der Waals surface area contributed by atoms with Crippen LogP contribution in [0.4, 0.5) is 0 Å². The van der Waals surface area contributed by atoms with Gasteiger partial charge >= 0.3 is 0 Å². The van der Waals surface area contributed by atoms with Crippen molar-refractivity contribution in [3.05, 3.63) is 18.0 Å². The molecule has 1 unspecified atom stereocenters. The molecule has 1 aliphatic carbocycles. The topological polar surface area (TPSA) is 50.1 Å². The van der Waals surface area contributed by atoms with E-state index in [0.717, 1.165) is 25.8 Å². The van der Waals surface area contributed by atoms with Gasteiger partial charge in [-0.25, -0.2) is 0 Å². The average Bonchev–Trinajstić information content (AvgIpc) is 3.06. The van der Waals surface area contributed by atoms with Gasteiger partial charge in [0.25, 0.3) is 0 Å². The number of aromatic nitrogens is 2. The lowest BCUT2D eigenvalue weighted by molar-refractivity contribution is 0.160. The average molecular weight is 251 g/mol. The van der Waals surface area contributed by atoms with Crippen molar-refractivity contribution in [1.29, 1.82) is 0 Å². The van der Waals surface area contributed by atoms with Crippen LogP contribution in [-0.4, -0.2) is 33.1 Å². The molecule has 0 amide bonds. The van der Waals surface area contributed by atoms with Gasteiger partial charge in [0.2, 0.25) is 0 Å². The lowest BCUT2D eigenvalue weighted by atomic mass is 9.95. The number of aliphatic hydroxyl groups is 1. The van der Waals surface area contributed by atoms with Gasteiger partial charge in [-0.3, -0.25) is 4.68 Å². The number of rotatable bonds is 8. The van der Waals surface area contributed by atoms with Crippen molar-refractivity contribution in [3.8, 4) is 0 Å². The Balaban J connectivity index is 1.66. The fraction of sp³-hybridized carbons (Fsp3) is 0.786. The highest BCUT2D eigenvalue weighted by atomic mass is 16.3. The van der Waals surface area contributed by atoms with Gasteiger partial charge in [0.1, 0.15) is 0 Å². The first-order valence-corrected chi connectivity index (χ1v) is 6.99. The first-order chi connectivity index (χ1) is 8.61. The summed E-state index contributed by atoms with van der Waals surface area (Å²) in [5.41, 5.74) is 1.12. The molecule has 1 aliphatic rings. The zero-order chi connectivity index (χ0) is 13.0. The predicted octanol–water partition coefficient (Wildman–Crippen LogP) is 1.86. The van der Waals surface area contributed by atoms with E-state index in [1.165, 1.54) is 18.4 Å². The summed E-state index contributed by atoms with van der Waals surface area (Å²) in [5, 5.41) is 17.3. The van der Waals surface area contributed by atoms with Gasteiger partial charge < -0.3 is 10.4 Å². The third-order valence-corrected chi connectivity index (χ3v) is 3.61. The Morgan fingerprint density at radius 1 is 1.50 bits per heavy atom. The number of aliphatic hydroxyl groups excluding tert-OH is 1. The monoisotopic (exact) mass is 251 g/mol. The highest BCUT2D eigenvalue weighted by Gasteiger charge is 2.31. The molecule has 102 valence electrons. The van der Waals surface area contributed by atoms with Gasteiger partial charge in [-0.15, -0.1) is 0 Å². The van der Waals surface area contributed by atoms with Gasteiger partial charge in [-0.1, -0.05) is 0 Å². The van der Waals surface area contributed by atoms with Crippen molar-refractivity contribution >= 4 is 0 Å². The lowest BCUT2D eigenvalue weighted by Gasteiger charge is -2.29. The van der Waals surface area contributed by atoms with Crippen LogP contribution in [0.5, 0.6) is 0 Å². The van der Waals surface area contributed by atoms with E-state index < -0.39 is 0 Å². The Morgan fingerprint density at radius 3 is 2.83 bits per heavy atom. The molecule has 1 saturated carbocycles. The number of hydrogen-bond donors (Lipinski definition) is 2. The molecule has 0 bridgehead atoms. The summed E-state index contributed by atoms with van der Waals surface area (Å²) < 4.78 is 2.00. The molecule has 4 nitrogen and oxygen atoms in total. The van der Waals surface area contributed by atoms with Crippen LogP contribution in [0.25, 0.3) is 0 Å². The SMILES string of the molecule is Cc1cnn(CCCCC(C)(CO)NC2CC2)c1. The van der Waals surface area contributed by atoms with Crippen LogP contribution >= 0.6 is 0 Å². The summed E-state index contributed by atoms with van der Waals surface area (Å²) in [7, 11) is 0. The molecule has 0 aromatic carbocycles. The van der Waals surface area contributed by atoms with Gasteiger partial charge in [0.05, 0.1) is 12.8 Å². The van der Waals surface area contributed by atoms with Crippen molar-refractivity contribution in [3.63, 3.8) is 0 Å². The maximum absolute atomic E-state index is 9.50. The molecule has 2 N–H and O–H groups in total. The molecule has 0 radical (unpaired) electrons. The minimum atomic E-state index is -0.0960. The van der Waals surface area contributed by atoms with E-state index in [2.05, 4.69) is 30.5 Å². The normalized spacial score (nSPS) is 18.8. The van der Waals surface area contributed by atoms with E-state index in [9.17, 15) is 5.11 Å². The fourth-order valence-electron chi connectivity index (χ4n) is 2.30. The predicted molar refractivity (Wildman–Crippen MR) is 72.5 cm³/mol. The minimum Gasteiger partial charge on any atom is -0.394 e. The Morgan fingerprint density at radius 2 is 2.28 bits per heavy atom. The van der Waals surface area contributed by atoms with E-state index in [1.54, 1.807) is 0 Å². The highest BCUT2D eigenvalue weighted by Crippen LogP contribution is 2.24. The number of aryl methyl sites for hydroxylation is 2. The Hall–Kier alpha value is -0.870. The van der Waals surface area contributed by atoms with Crippen molar-refractivity contribution < 1.29 is 5.11 Å². The Bertz CT molecular complexity index is 373. The number of nitrogens with one attached hydrogen (secondary N) is 1. The van der Waals surface area contributed by atoms with Gasteiger partial charge in [-0.05, 0) is 51.5 Å². The fourth-order valence-corrected chi connectivity index (χ4v) is 2.30. The van der Waals surface area contributed by atoms with E-state index >= 15 is 0 Å². The van der Waals surface area contributed by atoms with E-state index in [4.69, 9.17) is 0 Å². The second-order valence-electron chi connectivity index (χ2n) is 5.88. The summed E-state index contributed by atoms with van der Waals surface area (Å²) in [6, 6.07) is 0.649. The number of unbranched alkanes of at least 4 members (excludes halogenated alkanes) is 1. The second-order valence-corrected chi connectivity index (χ2v) is 5.88. The molecule has 1 atom stereocenters. The van der Waals surface area contributed by atoms with E-state index in [0.29, 0.717) is 6.04 Å². The lowest BCUT2D eigenvalue weighted by Crippen LogP contribution is -2.46. The number of hydrogen-bond acceptors (Lipinski definition) is 3. The van der Waals surface area contributed by atoms with Crippen LogP contribution < -0.4 is 5.32 Å². The molecule has 4 heteroatoms. The number of nitrogens with zero attached hydrogens (tertiary/aromatic N) is 2. The van der Waals surface area contributed by atoms with Gasteiger partial charge in [0.15, 0.2) is 0 Å². The van der Waals surface area contributed by atoms with Crippen LogP contribution in [0.2, 0.25) is 0 Å². The molecule has 1 fully saturated rings. The van der Waals surface area contributed by atoms with Crippen molar-refractivity contribution in [1.82, 2.24) is 15.1 Å². The smallest absolute Gasteiger partial charge is 0.0610 e. The van der Waals surface area contributed by atoms with Gasteiger partial charge in [0, 0.05) is 24.3 Å². The van der Waals surface area contributed by atoms with Crippen LogP contribution in [0.1, 0.15) is 44.6 Å². The van der Waals surface area contributed by atoms with Gasteiger partial charge in [-0.2, -0.15) is 5.10 Å². The van der Waals surface area contributed by atoms with E-state index in [-0.39, 0.29) is 12.1 Å². The standard InChI is InChI=1S/C14H25N3O/c1-12-9-15-17(10-12)8-4-3-7-14(2,11-18)16-13-5-6-13/h9-10,13,16,18H,3-8,11H2,1-2H3. The molecule has 18 heavy (non-hydrogen) atoms. The summed E-state index contributed by atoms with van der Waals surface area (Å²) in [5.74, 6) is 0. The molecular formula is C14H25N3O. The summed E-state index contributed by atoms with van der Waals surface area (Å²) >= 11 is 0. The molecule has 2 rings (SSSR count). The van der Waals surface area contributed by atoms with E-state index in [1.807, 2.05) is 10.9 Å². The third-order valence-electron chi connectivity index (χ3n) is 3.61. The largest absolute Gasteiger partial charge is 0.394 e. The molecule has 0 aliphatic heterocycles. The molecule has 0 saturated heterocycles. The zero-order valence-corrected chi connectivity index (χ0v) is 11.5. The minimum absolute atomic E-state index is 0.0960. The second kappa shape index (κ2) is 5.85. The molecule has 1 heterocycles. The Kier molecular flexibility index (Phi) is 4.40. The zero-order valence-electron chi connectivity index (χ0n) is 11.5. The van der Waals surface area contributed by atoms with Crippen LogP contribution in [-0.2, 0) is 6.54 Å². The van der Waals surface area contributed by atoms with Crippen LogP contribution in [0.15, 0.2) is 12.4 Å². The maximum atomic E-state index is 9.50. The van der Waals surface area contributed by atoms with Crippen LogP contribution in [0, 0.1) is 6.92 Å². The Labute approximate surface area is 109 Å². The first kappa shape index (κ1) is 13.6. The molecule has 1 aromatic heterocycles. The molecule has 1 aromatic rings. The summed E-state index contributed by atoms with van der Waals surface area (Å²) in [6.45, 7) is 5.39. The third kappa shape index (κ3) is 4.10. The summed E-state index contributed by atoms with van der Waals surface area (Å²) in [4.78, 5) is 0. The highest BCUT2D eigenvalue weighted by molar-refractivity contribution is 4.99. The van der Waals surface area contributed by atoms with Crippen molar-refractivity contribution in [2.24, 2.45) is 0 Å². The molecular weight excluding hydrogens is 226 g/mol. The quantitative estimate of drug-likeness (QED) is 0.693. The molecule has 0 spiro atoms. The summed E-state index contributed by atoms with van der Waals surface area (Å²) in [6.07, 6.45) is 9.77. The van der Waals surface area contributed by atoms with Crippen molar-refractivity contribution in [2.75, 3.05) is 6.61 Å². The first-order valence-electron chi connectivity index (χ1n) is 6.99.